The van der Waals surface area contributed by atoms with Gasteiger partial charge in [0.15, 0.2) is 0 Å². The number of nitrogens with zero attached hydrogens (tertiary/aromatic N) is 2. The van der Waals surface area contributed by atoms with Crippen LogP contribution in [0, 0.1) is 6.92 Å². The number of aryl methyl sites for hydroxylation is 1. The molecule has 39 heavy (non-hydrogen) atoms. The van der Waals surface area contributed by atoms with Crippen LogP contribution in [0.5, 0.6) is 11.5 Å². The van der Waals surface area contributed by atoms with Gasteiger partial charge in [-0.25, -0.2) is 4.79 Å². The number of halogens is 3. The zero-order chi connectivity index (χ0) is 28.2. The van der Waals surface area contributed by atoms with E-state index in [2.05, 4.69) is 25.2 Å². The largest absolute Gasteiger partial charge is 0.573 e. The topological polar surface area (TPSA) is 98.4 Å². The third-order valence-electron chi connectivity index (χ3n) is 5.60. The van der Waals surface area contributed by atoms with E-state index in [1.54, 1.807) is 33.2 Å². The quantitative estimate of drug-likeness (QED) is 0.269. The SMILES string of the molecule is Cc1[nH]nc2ccc(-c3cncc(OC[C@H](Cc4ccc(OC(F)(F)F)cc4)NC(=O)OC(C)(C)C)c3)cc12. The zero-order valence-electron chi connectivity index (χ0n) is 21.9. The van der Waals surface area contributed by atoms with E-state index < -0.39 is 24.1 Å². The molecule has 2 N–H and O–H groups in total. The number of amides is 1. The number of pyridine rings is 1. The number of rotatable bonds is 8. The lowest BCUT2D eigenvalue weighted by Crippen LogP contribution is -2.43. The fraction of sp³-hybridized carbons (Fsp3) is 0.321. The number of carbonyl (C=O) groups excluding carboxylic acids is 1. The third kappa shape index (κ3) is 8.10. The monoisotopic (exact) mass is 542 g/mol. The van der Waals surface area contributed by atoms with Gasteiger partial charge < -0.3 is 19.5 Å². The third-order valence-corrected chi connectivity index (χ3v) is 5.60. The van der Waals surface area contributed by atoms with Crippen molar-refractivity contribution in [1.29, 1.82) is 0 Å². The molecule has 0 saturated heterocycles. The number of ether oxygens (including phenoxy) is 3. The fourth-order valence-electron chi connectivity index (χ4n) is 3.91. The summed E-state index contributed by atoms with van der Waals surface area (Å²) in [5.41, 5.74) is 3.57. The van der Waals surface area contributed by atoms with Crippen LogP contribution in [0.1, 0.15) is 32.0 Å². The molecule has 2 heterocycles. The van der Waals surface area contributed by atoms with E-state index in [-0.39, 0.29) is 18.8 Å². The van der Waals surface area contributed by atoms with Crippen LogP contribution >= 0.6 is 0 Å². The molecule has 1 amide bonds. The van der Waals surface area contributed by atoms with Crippen molar-refractivity contribution in [2.45, 2.75) is 52.1 Å². The van der Waals surface area contributed by atoms with E-state index in [0.29, 0.717) is 11.3 Å². The lowest BCUT2D eigenvalue weighted by Gasteiger charge is -2.24. The zero-order valence-corrected chi connectivity index (χ0v) is 21.9. The van der Waals surface area contributed by atoms with Gasteiger partial charge in [-0.3, -0.25) is 10.1 Å². The second kappa shape index (κ2) is 11.2. The van der Waals surface area contributed by atoms with Gasteiger partial charge in [0.25, 0.3) is 0 Å². The second-order valence-corrected chi connectivity index (χ2v) is 10.0. The summed E-state index contributed by atoms with van der Waals surface area (Å²) < 4.78 is 52.8. The molecule has 206 valence electrons. The van der Waals surface area contributed by atoms with Crippen LogP contribution < -0.4 is 14.8 Å². The Hall–Kier alpha value is -4.28. The number of hydrogen-bond acceptors (Lipinski definition) is 6. The Balaban J connectivity index is 1.48. The lowest BCUT2D eigenvalue weighted by atomic mass is 10.0. The second-order valence-electron chi connectivity index (χ2n) is 10.0. The summed E-state index contributed by atoms with van der Waals surface area (Å²) in [6.45, 7) is 7.25. The van der Waals surface area contributed by atoms with E-state index in [0.717, 1.165) is 27.7 Å². The first-order valence-electron chi connectivity index (χ1n) is 12.2. The summed E-state index contributed by atoms with van der Waals surface area (Å²) in [5.74, 6) is 0.160. The molecule has 0 aliphatic carbocycles. The highest BCUT2D eigenvalue weighted by atomic mass is 19.4. The lowest BCUT2D eigenvalue weighted by molar-refractivity contribution is -0.274. The number of alkyl halides is 3. The fourth-order valence-corrected chi connectivity index (χ4v) is 3.91. The van der Waals surface area contributed by atoms with Crippen LogP contribution in [0.25, 0.3) is 22.0 Å². The number of nitrogens with one attached hydrogen (secondary N) is 2. The summed E-state index contributed by atoms with van der Waals surface area (Å²) in [5, 5.41) is 11.0. The maximum atomic E-state index is 12.5. The van der Waals surface area contributed by atoms with Crippen molar-refractivity contribution >= 4 is 17.0 Å². The highest BCUT2D eigenvalue weighted by molar-refractivity contribution is 5.86. The van der Waals surface area contributed by atoms with Crippen LogP contribution in [0.4, 0.5) is 18.0 Å². The molecule has 0 bridgehead atoms. The number of carbonyl (C=O) groups is 1. The van der Waals surface area contributed by atoms with Crippen molar-refractivity contribution in [3.8, 4) is 22.6 Å². The van der Waals surface area contributed by atoms with Crippen molar-refractivity contribution in [2.24, 2.45) is 0 Å². The standard InChI is InChI=1S/C28H29F3N4O4/c1-17-24-13-19(7-10-25(24)35-34-17)20-12-23(15-32-14-20)37-16-21(33-26(36)39-27(2,3)4)11-18-5-8-22(9-6-18)38-28(29,30)31/h5-10,12-15,21H,11,16H2,1-4H3,(H,33,36)(H,34,35)/t21-/m0/s1. The molecule has 0 radical (unpaired) electrons. The van der Waals surface area contributed by atoms with Crippen molar-refractivity contribution in [1.82, 2.24) is 20.5 Å². The average Bonchev–Trinajstić information content (AvgIpc) is 3.22. The number of fused-ring (bicyclic) bond motifs is 1. The summed E-state index contributed by atoms with van der Waals surface area (Å²) in [6, 6.07) is 12.6. The number of alkyl carbamates (subject to hydrolysis) is 1. The molecule has 8 nitrogen and oxygen atoms in total. The van der Waals surface area contributed by atoms with E-state index >= 15 is 0 Å². The maximum Gasteiger partial charge on any atom is 0.573 e. The molecule has 0 aliphatic rings. The molecular formula is C28H29F3N4O4. The molecule has 2 aromatic carbocycles. The van der Waals surface area contributed by atoms with Crippen molar-refractivity contribution < 1.29 is 32.2 Å². The van der Waals surface area contributed by atoms with Gasteiger partial charge in [0.1, 0.15) is 23.7 Å². The molecule has 0 saturated carbocycles. The number of H-pyrrole nitrogens is 1. The van der Waals surface area contributed by atoms with Gasteiger partial charge in [0.05, 0.1) is 17.8 Å². The highest BCUT2D eigenvalue weighted by Crippen LogP contribution is 2.27. The van der Waals surface area contributed by atoms with Crippen molar-refractivity contribution in [3.63, 3.8) is 0 Å². The minimum Gasteiger partial charge on any atom is -0.490 e. The minimum atomic E-state index is -4.78. The summed E-state index contributed by atoms with van der Waals surface area (Å²) >= 11 is 0. The highest BCUT2D eigenvalue weighted by Gasteiger charge is 2.31. The Bertz CT molecular complexity index is 1430. The van der Waals surface area contributed by atoms with E-state index in [1.165, 1.54) is 24.3 Å². The Morgan fingerprint density at radius 1 is 1.00 bits per heavy atom. The Kier molecular flexibility index (Phi) is 7.98. The normalized spacial score (nSPS) is 12.7. The summed E-state index contributed by atoms with van der Waals surface area (Å²) in [6.07, 6.45) is -1.84. The van der Waals surface area contributed by atoms with E-state index in [9.17, 15) is 18.0 Å². The maximum absolute atomic E-state index is 12.5. The molecule has 0 aliphatic heterocycles. The predicted molar refractivity (Wildman–Crippen MR) is 140 cm³/mol. The number of hydrogen-bond donors (Lipinski definition) is 2. The van der Waals surface area contributed by atoms with Gasteiger partial charge in [0.2, 0.25) is 0 Å². The van der Waals surface area contributed by atoms with Crippen molar-refractivity contribution in [2.75, 3.05) is 6.61 Å². The van der Waals surface area contributed by atoms with Crippen LogP contribution in [-0.2, 0) is 11.2 Å². The van der Waals surface area contributed by atoms with E-state index in [4.69, 9.17) is 9.47 Å². The molecule has 4 rings (SSSR count). The molecule has 4 aromatic rings. The molecule has 2 aromatic heterocycles. The van der Waals surface area contributed by atoms with Gasteiger partial charge in [-0.2, -0.15) is 5.10 Å². The Morgan fingerprint density at radius 3 is 2.44 bits per heavy atom. The van der Waals surface area contributed by atoms with Crippen LogP contribution in [-0.4, -0.2) is 45.9 Å². The van der Waals surface area contributed by atoms with Crippen LogP contribution in [0.3, 0.4) is 0 Å². The summed E-state index contributed by atoms with van der Waals surface area (Å²) in [7, 11) is 0. The van der Waals surface area contributed by atoms with Crippen LogP contribution in [0.15, 0.2) is 60.9 Å². The van der Waals surface area contributed by atoms with Gasteiger partial charge in [-0.1, -0.05) is 18.2 Å². The smallest absolute Gasteiger partial charge is 0.490 e. The first-order chi connectivity index (χ1) is 18.3. The Morgan fingerprint density at radius 2 is 1.74 bits per heavy atom. The molecule has 0 fully saturated rings. The predicted octanol–water partition coefficient (Wildman–Crippen LogP) is 6.35. The molecule has 1 atom stereocenters. The molecular weight excluding hydrogens is 513 g/mol. The number of aromatic nitrogens is 3. The molecule has 0 spiro atoms. The molecule has 0 unspecified atom stereocenters. The van der Waals surface area contributed by atoms with Gasteiger partial charge >= 0.3 is 12.5 Å². The first-order valence-corrected chi connectivity index (χ1v) is 12.2. The molecule has 11 heteroatoms. The minimum absolute atomic E-state index is 0.0606. The summed E-state index contributed by atoms with van der Waals surface area (Å²) in [4.78, 5) is 16.8. The van der Waals surface area contributed by atoms with Gasteiger partial charge in [-0.05, 0) is 75.6 Å². The number of benzene rings is 2. The average molecular weight is 543 g/mol. The first kappa shape index (κ1) is 27.7. The van der Waals surface area contributed by atoms with Gasteiger partial charge in [-0.15, -0.1) is 13.2 Å². The van der Waals surface area contributed by atoms with Gasteiger partial charge in [0, 0.05) is 22.8 Å². The Labute approximate surface area is 223 Å². The number of aromatic amines is 1. The van der Waals surface area contributed by atoms with Crippen molar-refractivity contribution in [3.05, 3.63) is 72.2 Å². The van der Waals surface area contributed by atoms with E-state index in [1.807, 2.05) is 31.2 Å². The van der Waals surface area contributed by atoms with Crippen LogP contribution in [0.2, 0.25) is 0 Å².